The summed E-state index contributed by atoms with van der Waals surface area (Å²) in [5.74, 6) is 0.210. The van der Waals surface area contributed by atoms with Crippen molar-refractivity contribution in [2.45, 2.75) is 45.3 Å². The highest BCUT2D eigenvalue weighted by Crippen LogP contribution is 2.26. The van der Waals surface area contributed by atoms with E-state index in [9.17, 15) is 4.39 Å². The maximum Gasteiger partial charge on any atom is 0.488 e. The molecule has 1 aliphatic carbocycles. The van der Waals surface area contributed by atoms with Crippen LogP contribution in [0.3, 0.4) is 0 Å². The molecule has 104 valence electrons. The van der Waals surface area contributed by atoms with Gasteiger partial charge in [0.05, 0.1) is 12.7 Å². The summed E-state index contributed by atoms with van der Waals surface area (Å²) in [7, 11) is -1.65. The quantitative estimate of drug-likeness (QED) is 0.814. The molecule has 0 amide bonds. The lowest BCUT2D eigenvalue weighted by molar-refractivity contribution is 0.00460. The Labute approximate surface area is 113 Å². The molecule has 1 aliphatic rings. The molecule has 5 heteroatoms. The molecule has 2 unspecified atom stereocenters. The Bertz CT molecular complexity index is 425. The van der Waals surface area contributed by atoms with Crippen molar-refractivity contribution in [3.8, 4) is 0 Å². The Morgan fingerprint density at radius 3 is 2.79 bits per heavy atom. The lowest BCUT2D eigenvalue weighted by Crippen LogP contribution is -2.30. The van der Waals surface area contributed by atoms with E-state index in [0.717, 1.165) is 18.9 Å². The van der Waals surface area contributed by atoms with Crippen molar-refractivity contribution in [3.63, 3.8) is 0 Å². The lowest BCUT2D eigenvalue weighted by Gasteiger charge is -2.26. The zero-order chi connectivity index (χ0) is 13.8. The smallest absolute Gasteiger partial charge is 0.423 e. The first-order valence-corrected chi connectivity index (χ1v) is 6.81. The Morgan fingerprint density at radius 1 is 1.32 bits per heavy atom. The van der Waals surface area contributed by atoms with Crippen LogP contribution in [-0.2, 0) is 11.3 Å². The molecular formula is C14H20BFO3. The molecule has 2 atom stereocenters. The number of ether oxygens (including phenoxy) is 1. The SMILES string of the molecule is CC1CCCC(OCc2cc(F)cc(B(O)O)c2)C1. The van der Waals surface area contributed by atoms with Gasteiger partial charge in [-0.1, -0.05) is 25.8 Å². The molecule has 0 radical (unpaired) electrons. The van der Waals surface area contributed by atoms with Crippen LogP contribution in [0.25, 0.3) is 0 Å². The second-order valence-electron chi connectivity index (χ2n) is 5.47. The molecule has 0 heterocycles. The molecular weight excluding hydrogens is 246 g/mol. The molecule has 2 rings (SSSR count). The summed E-state index contributed by atoms with van der Waals surface area (Å²) < 4.78 is 19.1. The summed E-state index contributed by atoms with van der Waals surface area (Å²) >= 11 is 0. The van der Waals surface area contributed by atoms with E-state index < -0.39 is 12.9 Å². The minimum Gasteiger partial charge on any atom is -0.423 e. The van der Waals surface area contributed by atoms with Crippen molar-refractivity contribution in [1.82, 2.24) is 0 Å². The second-order valence-corrected chi connectivity index (χ2v) is 5.47. The Kier molecular flexibility index (Phi) is 4.96. The maximum atomic E-state index is 13.3. The van der Waals surface area contributed by atoms with E-state index in [-0.39, 0.29) is 11.6 Å². The number of halogens is 1. The summed E-state index contributed by atoms with van der Waals surface area (Å²) in [4.78, 5) is 0. The van der Waals surface area contributed by atoms with E-state index in [1.165, 1.54) is 18.9 Å². The number of hydrogen-bond acceptors (Lipinski definition) is 3. The lowest BCUT2D eigenvalue weighted by atomic mass is 9.79. The highest BCUT2D eigenvalue weighted by molar-refractivity contribution is 6.58. The van der Waals surface area contributed by atoms with Gasteiger partial charge in [0, 0.05) is 0 Å². The standard InChI is InChI=1S/C14H20BFO3/c1-10-3-2-4-14(5-10)19-9-11-6-12(15(17)18)8-13(16)7-11/h6-8,10,14,17-18H,2-5,9H2,1H3. The van der Waals surface area contributed by atoms with Crippen molar-refractivity contribution in [1.29, 1.82) is 0 Å². The summed E-state index contributed by atoms with van der Waals surface area (Å²) in [5.41, 5.74) is 0.803. The van der Waals surface area contributed by atoms with Crippen LogP contribution in [-0.4, -0.2) is 23.3 Å². The Morgan fingerprint density at radius 2 is 2.11 bits per heavy atom. The third-order valence-electron chi connectivity index (χ3n) is 3.65. The number of hydrogen-bond donors (Lipinski definition) is 2. The fourth-order valence-electron chi connectivity index (χ4n) is 2.65. The summed E-state index contributed by atoms with van der Waals surface area (Å²) in [6.07, 6.45) is 4.76. The third-order valence-corrected chi connectivity index (χ3v) is 3.65. The number of benzene rings is 1. The van der Waals surface area contributed by atoms with Gasteiger partial charge in [0.2, 0.25) is 0 Å². The molecule has 0 aromatic heterocycles. The van der Waals surface area contributed by atoms with E-state index in [2.05, 4.69) is 6.92 Å². The third kappa shape index (κ3) is 4.30. The minimum absolute atomic E-state index is 0.163. The van der Waals surface area contributed by atoms with Crippen molar-refractivity contribution in [2.75, 3.05) is 0 Å². The van der Waals surface area contributed by atoms with Crippen LogP contribution in [0.1, 0.15) is 38.2 Å². The highest BCUT2D eigenvalue weighted by atomic mass is 19.1. The minimum atomic E-state index is -1.65. The zero-order valence-corrected chi connectivity index (χ0v) is 11.2. The van der Waals surface area contributed by atoms with Crippen molar-refractivity contribution in [2.24, 2.45) is 5.92 Å². The summed E-state index contributed by atoms with van der Waals surface area (Å²) in [6, 6.07) is 4.06. The van der Waals surface area contributed by atoms with Gasteiger partial charge in [-0.3, -0.25) is 0 Å². The van der Waals surface area contributed by atoms with Crippen LogP contribution in [0.5, 0.6) is 0 Å². The fraction of sp³-hybridized carbons (Fsp3) is 0.571. The molecule has 1 aromatic carbocycles. The molecule has 2 N–H and O–H groups in total. The van der Waals surface area contributed by atoms with Gasteiger partial charge in [0.15, 0.2) is 0 Å². The van der Waals surface area contributed by atoms with Gasteiger partial charge >= 0.3 is 7.12 Å². The van der Waals surface area contributed by atoms with Gasteiger partial charge in [-0.05, 0) is 41.9 Å². The molecule has 1 saturated carbocycles. The average Bonchev–Trinajstić information content (AvgIpc) is 2.36. The van der Waals surface area contributed by atoms with Crippen LogP contribution in [0.4, 0.5) is 4.39 Å². The van der Waals surface area contributed by atoms with Gasteiger partial charge in [-0.25, -0.2) is 4.39 Å². The molecule has 3 nitrogen and oxygen atoms in total. The summed E-state index contributed by atoms with van der Waals surface area (Å²) in [5, 5.41) is 18.1. The Balaban J connectivity index is 1.95. The van der Waals surface area contributed by atoms with E-state index in [4.69, 9.17) is 14.8 Å². The molecule has 1 aromatic rings. The highest BCUT2D eigenvalue weighted by Gasteiger charge is 2.20. The van der Waals surface area contributed by atoms with Gasteiger partial charge in [0.1, 0.15) is 5.82 Å². The first-order chi connectivity index (χ1) is 9.04. The van der Waals surface area contributed by atoms with Gasteiger partial charge in [-0.15, -0.1) is 0 Å². The average molecular weight is 266 g/mol. The van der Waals surface area contributed by atoms with Gasteiger partial charge in [-0.2, -0.15) is 0 Å². The topological polar surface area (TPSA) is 49.7 Å². The van der Waals surface area contributed by atoms with Crippen LogP contribution >= 0.6 is 0 Å². The second kappa shape index (κ2) is 6.50. The van der Waals surface area contributed by atoms with Crippen LogP contribution in [0.15, 0.2) is 18.2 Å². The van der Waals surface area contributed by atoms with E-state index in [0.29, 0.717) is 18.1 Å². The van der Waals surface area contributed by atoms with Gasteiger partial charge < -0.3 is 14.8 Å². The number of rotatable bonds is 4. The predicted molar refractivity (Wildman–Crippen MR) is 72.4 cm³/mol. The van der Waals surface area contributed by atoms with Crippen molar-refractivity contribution >= 4 is 12.6 Å². The first kappa shape index (κ1) is 14.5. The van der Waals surface area contributed by atoms with E-state index >= 15 is 0 Å². The van der Waals surface area contributed by atoms with Crippen molar-refractivity contribution < 1.29 is 19.2 Å². The molecule has 0 saturated heterocycles. The molecule has 0 aliphatic heterocycles. The molecule has 19 heavy (non-hydrogen) atoms. The zero-order valence-electron chi connectivity index (χ0n) is 11.2. The van der Waals surface area contributed by atoms with Crippen molar-refractivity contribution in [3.05, 3.63) is 29.6 Å². The Hall–Kier alpha value is -0.905. The van der Waals surface area contributed by atoms with Crippen LogP contribution < -0.4 is 5.46 Å². The molecule has 0 bridgehead atoms. The maximum absolute atomic E-state index is 13.3. The van der Waals surface area contributed by atoms with Gasteiger partial charge in [0.25, 0.3) is 0 Å². The van der Waals surface area contributed by atoms with E-state index in [1.54, 1.807) is 6.07 Å². The molecule has 1 fully saturated rings. The van der Waals surface area contributed by atoms with E-state index in [1.807, 2.05) is 0 Å². The first-order valence-electron chi connectivity index (χ1n) is 6.81. The van der Waals surface area contributed by atoms with Crippen LogP contribution in [0.2, 0.25) is 0 Å². The predicted octanol–water partition coefficient (Wildman–Crippen LogP) is 1.60. The van der Waals surface area contributed by atoms with Crippen LogP contribution in [0, 0.1) is 11.7 Å². The fourth-order valence-corrected chi connectivity index (χ4v) is 2.65. The largest absolute Gasteiger partial charge is 0.488 e. The monoisotopic (exact) mass is 266 g/mol. The molecule has 0 spiro atoms. The summed E-state index contributed by atoms with van der Waals surface area (Å²) in [6.45, 7) is 2.53. The normalized spacial score (nSPS) is 23.4.